The van der Waals surface area contributed by atoms with Crippen LogP contribution in [0.1, 0.15) is 11.1 Å². The van der Waals surface area contributed by atoms with E-state index in [-0.39, 0.29) is 49.0 Å². The molecule has 2 heterocycles. The second kappa shape index (κ2) is 8.62. The van der Waals surface area contributed by atoms with Gasteiger partial charge in [-0.05, 0) is 23.8 Å². The largest absolute Gasteiger partial charge is 0.486 e. The number of piperazine rings is 1. The van der Waals surface area contributed by atoms with E-state index < -0.39 is 21.8 Å². The zero-order valence-electron chi connectivity index (χ0n) is 17.0. The quantitative estimate of drug-likeness (QED) is 0.687. The van der Waals surface area contributed by atoms with Crippen molar-refractivity contribution in [2.24, 2.45) is 0 Å². The summed E-state index contributed by atoms with van der Waals surface area (Å²) in [6.07, 6.45) is -4.66. The highest BCUT2D eigenvalue weighted by Crippen LogP contribution is 2.33. The Morgan fingerprint density at radius 3 is 2.31 bits per heavy atom. The molecule has 0 unspecified atom stereocenters. The summed E-state index contributed by atoms with van der Waals surface area (Å²) in [5, 5.41) is 0. The van der Waals surface area contributed by atoms with Crippen molar-refractivity contribution in [1.29, 1.82) is 0 Å². The van der Waals surface area contributed by atoms with Crippen molar-refractivity contribution in [2.45, 2.75) is 17.5 Å². The fourth-order valence-corrected chi connectivity index (χ4v) is 5.09. The molecule has 0 N–H and O–H groups in total. The Bertz CT molecular complexity index is 1110. The number of amides is 1. The van der Waals surface area contributed by atoms with Crippen LogP contribution in [-0.2, 0) is 27.4 Å². The number of rotatable bonds is 4. The summed E-state index contributed by atoms with van der Waals surface area (Å²) in [5.74, 6) is 0.508. The average molecular weight is 470 g/mol. The highest BCUT2D eigenvalue weighted by Gasteiger charge is 2.32. The molecule has 0 aromatic heterocycles. The average Bonchev–Trinajstić information content (AvgIpc) is 2.78. The summed E-state index contributed by atoms with van der Waals surface area (Å²) in [7, 11) is -3.79. The molecule has 0 aliphatic carbocycles. The molecule has 0 spiro atoms. The van der Waals surface area contributed by atoms with E-state index in [0.717, 1.165) is 12.1 Å². The molecule has 2 aliphatic heterocycles. The van der Waals surface area contributed by atoms with E-state index in [1.54, 1.807) is 6.07 Å². The Labute approximate surface area is 183 Å². The van der Waals surface area contributed by atoms with E-state index in [1.165, 1.54) is 33.5 Å². The number of carbonyl (C=O) groups is 1. The fraction of sp³-hybridized carbons (Fsp3) is 0.381. The van der Waals surface area contributed by atoms with Gasteiger partial charge in [0.15, 0.2) is 11.5 Å². The molecule has 2 aromatic rings. The van der Waals surface area contributed by atoms with Crippen molar-refractivity contribution in [2.75, 3.05) is 39.4 Å². The first-order chi connectivity index (χ1) is 15.1. The lowest BCUT2D eigenvalue weighted by Gasteiger charge is -2.34. The molecule has 0 saturated carbocycles. The van der Waals surface area contributed by atoms with Gasteiger partial charge in [-0.25, -0.2) is 8.42 Å². The second-order valence-electron chi connectivity index (χ2n) is 7.47. The van der Waals surface area contributed by atoms with Crippen molar-refractivity contribution in [3.63, 3.8) is 0 Å². The third-order valence-corrected chi connectivity index (χ3v) is 7.25. The normalized spacial score (nSPS) is 17.3. The van der Waals surface area contributed by atoms with Gasteiger partial charge in [-0.1, -0.05) is 18.2 Å². The Balaban J connectivity index is 1.39. The molecule has 0 bridgehead atoms. The molecule has 4 rings (SSSR count). The molecule has 0 radical (unpaired) electrons. The minimum atomic E-state index is -4.48. The Kier molecular flexibility index (Phi) is 6.04. The summed E-state index contributed by atoms with van der Waals surface area (Å²) >= 11 is 0. The molecule has 172 valence electrons. The van der Waals surface area contributed by atoms with Crippen LogP contribution in [0.15, 0.2) is 47.4 Å². The van der Waals surface area contributed by atoms with Gasteiger partial charge < -0.3 is 14.4 Å². The van der Waals surface area contributed by atoms with E-state index >= 15 is 0 Å². The zero-order chi connectivity index (χ0) is 22.9. The highest BCUT2D eigenvalue weighted by molar-refractivity contribution is 7.89. The van der Waals surface area contributed by atoms with E-state index in [2.05, 4.69) is 0 Å². The molecule has 0 atom stereocenters. The van der Waals surface area contributed by atoms with E-state index in [0.29, 0.717) is 24.7 Å². The van der Waals surface area contributed by atoms with Gasteiger partial charge in [0.05, 0.1) is 16.9 Å². The fourth-order valence-electron chi connectivity index (χ4n) is 3.66. The number of halogens is 3. The number of benzene rings is 2. The molecule has 32 heavy (non-hydrogen) atoms. The van der Waals surface area contributed by atoms with Crippen LogP contribution >= 0.6 is 0 Å². The van der Waals surface area contributed by atoms with Gasteiger partial charge >= 0.3 is 6.18 Å². The predicted molar refractivity (Wildman–Crippen MR) is 108 cm³/mol. The number of hydrogen-bond acceptors (Lipinski definition) is 5. The van der Waals surface area contributed by atoms with Gasteiger partial charge in [-0.3, -0.25) is 4.79 Å². The van der Waals surface area contributed by atoms with Crippen LogP contribution in [0.2, 0.25) is 0 Å². The summed E-state index contributed by atoms with van der Waals surface area (Å²) in [5.41, 5.74) is -0.547. The minimum Gasteiger partial charge on any atom is -0.486 e. The minimum absolute atomic E-state index is 0.0745. The van der Waals surface area contributed by atoms with Crippen molar-refractivity contribution < 1.29 is 35.9 Å². The maximum absolute atomic E-state index is 13.0. The Morgan fingerprint density at radius 2 is 1.62 bits per heavy atom. The number of carbonyl (C=O) groups excluding carboxylic acids is 1. The van der Waals surface area contributed by atoms with Crippen molar-refractivity contribution in [3.8, 4) is 11.5 Å². The van der Waals surface area contributed by atoms with Gasteiger partial charge in [0.25, 0.3) is 0 Å². The standard InChI is InChI=1S/C21H21F3N2O5S/c22-21(23,24)16-3-1-2-15(12-16)13-20(27)25-6-8-26(9-7-25)32(28,29)17-4-5-18-19(14-17)31-11-10-30-18/h1-5,12,14H,6-11,13H2. The summed E-state index contributed by atoms with van der Waals surface area (Å²) in [4.78, 5) is 14.1. The van der Waals surface area contributed by atoms with E-state index in [9.17, 15) is 26.4 Å². The van der Waals surface area contributed by atoms with E-state index in [1.807, 2.05) is 0 Å². The van der Waals surface area contributed by atoms with Crippen molar-refractivity contribution in [3.05, 3.63) is 53.6 Å². The van der Waals surface area contributed by atoms with Gasteiger partial charge in [0, 0.05) is 32.2 Å². The van der Waals surface area contributed by atoms with Gasteiger partial charge in [-0.2, -0.15) is 17.5 Å². The second-order valence-corrected chi connectivity index (χ2v) is 9.40. The number of hydrogen-bond donors (Lipinski definition) is 0. The number of sulfonamides is 1. The third-order valence-electron chi connectivity index (χ3n) is 5.35. The lowest BCUT2D eigenvalue weighted by molar-refractivity contribution is -0.138. The summed E-state index contributed by atoms with van der Waals surface area (Å²) in [6.45, 7) is 1.22. The van der Waals surface area contributed by atoms with Crippen LogP contribution in [0.5, 0.6) is 11.5 Å². The first-order valence-electron chi connectivity index (χ1n) is 9.98. The smallest absolute Gasteiger partial charge is 0.416 e. The Hall–Kier alpha value is -2.79. The molecule has 2 aliphatic rings. The van der Waals surface area contributed by atoms with Gasteiger partial charge in [-0.15, -0.1) is 0 Å². The molecule has 2 aromatic carbocycles. The third kappa shape index (κ3) is 4.68. The monoisotopic (exact) mass is 470 g/mol. The SMILES string of the molecule is O=C(Cc1cccc(C(F)(F)F)c1)N1CCN(S(=O)(=O)c2ccc3c(c2)OCCO3)CC1. The van der Waals surface area contributed by atoms with Crippen LogP contribution in [0.4, 0.5) is 13.2 Å². The highest BCUT2D eigenvalue weighted by atomic mass is 32.2. The summed E-state index contributed by atoms with van der Waals surface area (Å²) in [6, 6.07) is 9.08. The van der Waals surface area contributed by atoms with E-state index in [4.69, 9.17) is 9.47 Å². The molecular formula is C21H21F3N2O5S. The molecule has 1 fully saturated rings. The van der Waals surface area contributed by atoms with Crippen molar-refractivity contribution >= 4 is 15.9 Å². The van der Waals surface area contributed by atoms with Crippen LogP contribution in [0.25, 0.3) is 0 Å². The summed E-state index contributed by atoms with van der Waals surface area (Å²) < 4.78 is 76.8. The lowest BCUT2D eigenvalue weighted by atomic mass is 10.1. The maximum atomic E-state index is 13.0. The molecule has 11 heteroatoms. The van der Waals surface area contributed by atoms with Crippen LogP contribution in [0.3, 0.4) is 0 Å². The number of fused-ring (bicyclic) bond motifs is 1. The topological polar surface area (TPSA) is 76.2 Å². The molecule has 1 saturated heterocycles. The predicted octanol–water partition coefficient (Wildman–Crippen LogP) is 2.55. The molecular weight excluding hydrogens is 449 g/mol. The lowest BCUT2D eigenvalue weighted by Crippen LogP contribution is -2.50. The van der Waals surface area contributed by atoms with Crippen molar-refractivity contribution in [1.82, 2.24) is 9.21 Å². The molecule has 1 amide bonds. The van der Waals surface area contributed by atoms with Crippen LogP contribution in [-0.4, -0.2) is 62.9 Å². The van der Waals surface area contributed by atoms with Crippen LogP contribution < -0.4 is 9.47 Å². The first-order valence-corrected chi connectivity index (χ1v) is 11.4. The number of nitrogens with zero attached hydrogens (tertiary/aromatic N) is 2. The maximum Gasteiger partial charge on any atom is 0.416 e. The Morgan fingerprint density at radius 1 is 0.938 bits per heavy atom. The zero-order valence-corrected chi connectivity index (χ0v) is 17.8. The van der Waals surface area contributed by atoms with Crippen LogP contribution in [0, 0.1) is 0 Å². The first kappa shape index (κ1) is 22.4. The van der Waals surface area contributed by atoms with Gasteiger partial charge in [0.2, 0.25) is 15.9 Å². The number of alkyl halides is 3. The van der Waals surface area contributed by atoms with Gasteiger partial charge in [0.1, 0.15) is 13.2 Å². The number of ether oxygens (including phenoxy) is 2. The molecule has 7 nitrogen and oxygen atoms in total.